The van der Waals surface area contributed by atoms with E-state index in [0.717, 1.165) is 11.9 Å². The Balaban J connectivity index is 2.18. The van der Waals surface area contributed by atoms with Crippen LogP contribution in [0.15, 0.2) is 24.3 Å². The molecular formula is C14H18N4O4S. The van der Waals surface area contributed by atoms with E-state index in [0.29, 0.717) is 36.1 Å². The number of fused-ring (bicyclic) bond motifs is 1. The van der Waals surface area contributed by atoms with E-state index in [4.69, 9.17) is 0 Å². The standard InChI is InChI=1S/C14H18N4O4S/c1-10-9-12(15-7-4-8-16-23(2,21)22)11-5-3-6-13(18(19)20)14(11)17-10/h3,5-6,9,16H,4,7-8H2,1-2H3,(H,15,17). The van der Waals surface area contributed by atoms with Gasteiger partial charge < -0.3 is 5.32 Å². The van der Waals surface area contributed by atoms with E-state index in [1.54, 1.807) is 19.1 Å². The lowest BCUT2D eigenvalue weighted by Crippen LogP contribution is -2.24. The van der Waals surface area contributed by atoms with Crippen molar-refractivity contribution in [1.29, 1.82) is 0 Å². The van der Waals surface area contributed by atoms with Gasteiger partial charge in [-0.15, -0.1) is 0 Å². The smallest absolute Gasteiger partial charge is 0.295 e. The molecule has 0 amide bonds. The highest BCUT2D eigenvalue weighted by atomic mass is 32.2. The predicted octanol–water partition coefficient (Wildman–Crippen LogP) is 1.80. The van der Waals surface area contributed by atoms with Crippen LogP contribution in [0, 0.1) is 17.0 Å². The van der Waals surface area contributed by atoms with Crippen LogP contribution in [0.4, 0.5) is 11.4 Å². The lowest BCUT2D eigenvalue weighted by atomic mass is 10.1. The second kappa shape index (κ2) is 6.88. The van der Waals surface area contributed by atoms with Crippen LogP contribution in [0.5, 0.6) is 0 Å². The van der Waals surface area contributed by atoms with Gasteiger partial charge in [-0.3, -0.25) is 10.1 Å². The molecule has 2 aromatic rings. The van der Waals surface area contributed by atoms with Crippen molar-refractivity contribution in [3.8, 4) is 0 Å². The number of benzene rings is 1. The summed E-state index contributed by atoms with van der Waals surface area (Å²) in [5.74, 6) is 0. The van der Waals surface area contributed by atoms with Gasteiger partial charge in [0, 0.05) is 35.9 Å². The summed E-state index contributed by atoms with van der Waals surface area (Å²) in [5, 5.41) is 15.0. The summed E-state index contributed by atoms with van der Waals surface area (Å²) in [6, 6.07) is 6.63. The van der Waals surface area contributed by atoms with E-state index in [1.165, 1.54) is 6.07 Å². The first-order chi connectivity index (χ1) is 10.8. The van der Waals surface area contributed by atoms with E-state index in [1.807, 2.05) is 6.07 Å². The minimum absolute atomic E-state index is 0.0343. The molecule has 0 fully saturated rings. The molecule has 0 spiro atoms. The molecule has 1 aromatic heterocycles. The molecule has 0 radical (unpaired) electrons. The van der Waals surface area contributed by atoms with Crippen molar-refractivity contribution in [2.45, 2.75) is 13.3 Å². The maximum Gasteiger partial charge on any atom is 0.295 e. The number of aromatic nitrogens is 1. The normalized spacial score (nSPS) is 11.6. The minimum Gasteiger partial charge on any atom is -0.384 e. The van der Waals surface area contributed by atoms with Crippen molar-refractivity contribution in [3.63, 3.8) is 0 Å². The van der Waals surface area contributed by atoms with Crippen LogP contribution in [0.1, 0.15) is 12.1 Å². The monoisotopic (exact) mass is 338 g/mol. The third kappa shape index (κ3) is 4.60. The zero-order valence-corrected chi connectivity index (χ0v) is 13.7. The highest BCUT2D eigenvalue weighted by Crippen LogP contribution is 2.29. The third-order valence-corrected chi connectivity index (χ3v) is 3.90. The number of sulfonamides is 1. The number of nitro benzene ring substituents is 1. The highest BCUT2D eigenvalue weighted by molar-refractivity contribution is 7.88. The summed E-state index contributed by atoms with van der Waals surface area (Å²) >= 11 is 0. The van der Waals surface area contributed by atoms with Crippen LogP contribution >= 0.6 is 0 Å². The number of hydrogen-bond acceptors (Lipinski definition) is 6. The molecule has 1 aromatic carbocycles. The Bertz CT molecular complexity index is 836. The first-order valence-corrected chi connectivity index (χ1v) is 8.90. The van der Waals surface area contributed by atoms with Crippen LogP contribution in [0.25, 0.3) is 10.9 Å². The van der Waals surface area contributed by atoms with Crippen LogP contribution in [-0.2, 0) is 10.0 Å². The molecule has 0 bridgehead atoms. The highest BCUT2D eigenvalue weighted by Gasteiger charge is 2.15. The van der Waals surface area contributed by atoms with Crippen LogP contribution in [-0.4, -0.2) is 37.7 Å². The van der Waals surface area contributed by atoms with Gasteiger partial charge >= 0.3 is 0 Å². The van der Waals surface area contributed by atoms with Crippen molar-refractivity contribution in [1.82, 2.24) is 9.71 Å². The number of anilines is 1. The van der Waals surface area contributed by atoms with Crippen molar-refractivity contribution in [3.05, 3.63) is 40.1 Å². The number of para-hydroxylation sites is 1. The van der Waals surface area contributed by atoms with Crippen LogP contribution in [0.3, 0.4) is 0 Å². The van der Waals surface area contributed by atoms with Gasteiger partial charge in [0.05, 0.1) is 11.2 Å². The van der Waals surface area contributed by atoms with Gasteiger partial charge in [0.1, 0.15) is 0 Å². The summed E-state index contributed by atoms with van der Waals surface area (Å²) in [6.45, 7) is 2.63. The fraction of sp³-hybridized carbons (Fsp3) is 0.357. The Kier molecular flexibility index (Phi) is 5.12. The molecule has 0 aliphatic carbocycles. The second-order valence-corrected chi connectivity index (χ2v) is 7.02. The Labute approximate surface area is 134 Å². The molecule has 2 rings (SSSR count). The molecule has 0 saturated heterocycles. The zero-order chi connectivity index (χ0) is 17.0. The van der Waals surface area contributed by atoms with Gasteiger partial charge in [-0.1, -0.05) is 12.1 Å². The van der Waals surface area contributed by atoms with Gasteiger partial charge in [-0.05, 0) is 19.4 Å². The molecule has 8 nitrogen and oxygen atoms in total. The van der Waals surface area contributed by atoms with E-state index < -0.39 is 14.9 Å². The number of nitrogens with zero attached hydrogens (tertiary/aromatic N) is 2. The van der Waals surface area contributed by atoms with Crippen molar-refractivity contribution in [2.24, 2.45) is 0 Å². The largest absolute Gasteiger partial charge is 0.384 e. The summed E-state index contributed by atoms with van der Waals surface area (Å²) in [6.07, 6.45) is 1.70. The first-order valence-electron chi connectivity index (χ1n) is 7.01. The average molecular weight is 338 g/mol. The molecule has 0 aliphatic heterocycles. The second-order valence-electron chi connectivity index (χ2n) is 5.19. The molecule has 1 heterocycles. The van der Waals surface area contributed by atoms with E-state index in [-0.39, 0.29) is 5.69 Å². The fourth-order valence-electron chi connectivity index (χ4n) is 2.22. The average Bonchev–Trinajstić information content (AvgIpc) is 2.44. The van der Waals surface area contributed by atoms with Gasteiger partial charge in [0.2, 0.25) is 10.0 Å². The SMILES string of the molecule is Cc1cc(NCCCNS(C)(=O)=O)c2cccc([N+](=O)[O-])c2n1. The Morgan fingerprint density at radius 1 is 1.30 bits per heavy atom. The summed E-state index contributed by atoms with van der Waals surface area (Å²) < 4.78 is 24.4. The number of pyridine rings is 1. The van der Waals surface area contributed by atoms with Gasteiger partial charge in [-0.2, -0.15) is 0 Å². The molecule has 0 unspecified atom stereocenters. The quantitative estimate of drug-likeness (QED) is 0.452. The Morgan fingerprint density at radius 3 is 2.70 bits per heavy atom. The molecule has 9 heteroatoms. The fourth-order valence-corrected chi connectivity index (χ4v) is 2.74. The molecule has 23 heavy (non-hydrogen) atoms. The van der Waals surface area contributed by atoms with Gasteiger partial charge in [0.25, 0.3) is 5.69 Å². The first kappa shape index (κ1) is 17.1. The Hall–Kier alpha value is -2.26. The van der Waals surface area contributed by atoms with Crippen LogP contribution < -0.4 is 10.0 Å². The predicted molar refractivity (Wildman–Crippen MR) is 89.1 cm³/mol. The number of nitrogens with one attached hydrogen (secondary N) is 2. The molecule has 0 saturated carbocycles. The third-order valence-electron chi connectivity index (χ3n) is 3.18. The summed E-state index contributed by atoms with van der Waals surface area (Å²) in [4.78, 5) is 14.9. The molecule has 2 N–H and O–H groups in total. The van der Waals surface area contributed by atoms with Gasteiger partial charge in [0.15, 0.2) is 5.52 Å². The van der Waals surface area contributed by atoms with E-state index in [2.05, 4.69) is 15.0 Å². The van der Waals surface area contributed by atoms with Crippen molar-refractivity contribution < 1.29 is 13.3 Å². The molecule has 0 aliphatic rings. The maximum absolute atomic E-state index is 11.1. The number of rotatable bonds is 7. The molecule has 124 valence electrons. The van der Waals surface area contributed by atoms with E-state index >= 15 is 0 Å². The van der Waals surface area contributed by atoms with Crippen LogP contribution in [0.2, 0.25) is 0 Å². The lowest BCUT2D eigenvalue weighted by Gasteiger charge is -2.11. The van der Waals surface area contributed by atoms with E-state index in [9.17, 15) is 18.5 Å². The summed E-state index contributed by atoms with van der Waals surface area (Å²) in [7, 11) is -3.19. The Morgan fingerprint density at radius 2 is 2.04 bits per heavy atom. The topological polar surface area (TPSA) is 114 Å². The zero-order valence-electron chi connectivity index (χ0n) is 12.9. The number of non-ortho nitro benzene ring substituents is 1. The lowest BCUT2D eigenvalue weighted by molar-refractivity contribution is -0.383. The van der Waals surface area contributed by atoms with Crippen molar-refractivity contribution >= 4 is 32.3 Å². The van der Waals surface area contributed by atoms with Gasteiger partial charge in [-0.25, -0.2) is 18.1 Å². The molecule has 0 atom stereocenters. The number of nitro groups is 1. The number of aryl methyl sites for hydroxylation is 1. The molecular weight excluding hydrogens is 320 g/mol. The summed E-state index contributed by atoms with van der Waals surface area (Å²) in [5.41, 5.74) is 1.72. The maximum atomic E-state index is 11.1. The minimum atomic E-state index is -3.19. The van der Waals surface area contributed by atoms with Crippen molar-refractivity contribution in [2.75, 3.05) is 24.7 Å². The number of hydrogen-bond donors (Lipinski definition) is 2.